The van der Waals surface area contributed by atoms with Crippen LogP contribution in [0.4, 0.5) is 0 Å². The fourth-order valence-corrected chi connectivity index (χ4v) is 6.64. The van der Waals surface area contributed by atoms with Gasteiger partial charge in [0.05, 0.1) is 0 Å². The molecule has 4 aliphatic rings. The lowest BCUT2D eigenvalue weighted by Gasteiger charge is -2.55. The molecule has 2 atom stereocenters. The normalized spacial score (nSPS) is 29.5. The Hall–Kier alpha value is -1.64. The van der Waals surface area contributed by atoms with E-state index in [9.17, 15) is 0 Å². The lowest BCUT2D eigenvalue weighted by Crippen LogP contribution is -2.60. The number of aryl methyl sites for hydroxylation is 2. The Morgan fingerprint density at radius 2 is 1.41 bits per heavy atom. The van der Waals surface area contributed by atoms with Gasteiger partial charge in [-0.15, -0.1) is 0 Å². The van der Waals surface area contributed by atoms with Gasteiger partial charge in [-0.05, 0) is 82.6 Å². The molecule has 1 N–H and O–H groups in total. The van der Waals surface area contributed by atoms with Crippen LogP contribution in [-0.2, 0) is 5.41 Å². The van der Waals surface area contributed by atoms with Gasteiger partial charge in [0.25, 0.3) is 0 Å². The smallest absolute Gasteiger partial charge is 0.0345 e. The highest BCUT2D eigenvalue weighted by Crippen LogP contribution is 2.54. The first-order valence-corrected chi connectivity index (χ1v) is 11.7. The molecule has 2 aromatic carbocycles. The molecule has 29 heavy (non-hydrogen) atoms. The first-order chi connectivity index (χ1) is 14.1. The molecule has 2 heteroatoms. The van der Waals surface area contributed by atoms with Crippen molar-refractivity contribution in [3.05, 3.63) is 70.8 Å². The van der Waals surface area contributed by atoms with Crippen molar-refractivity contribution < 1.29 is 0 Å². The van der Waals surface area contributed by atoms with E-state index in [2.05, 4.69) is 72.6 Å². The lowest BCUT2D eigenvalue weighted by atomic mass is 9.55. The van der Waals surface area contributed by atoms with E-state index in [1.807, 2.05) is 0 Å². The minimum Gasteiger partial charge on any atom is -0.315 e. The molecule has 6 rings (SSSR count). The van der Waals surface area contributed by atoms with Crippen LogP contribution in [0.1, 0.15) is 60.8 Å². The second-order valence-corrected chi connectivity index (χ2v) is 10.0. The largest absolute Gasteiger partial charge is 0.315 e. The highest BCUT2D eigenvalue weighted by atomic mass is 15.2. The Kier molecular flexibility index (Phi) is 5.04. The first kappa shape index (κ1) is 19.3. The summed E-state index contributed by atoms with van der Waals surface area (Å²) < 4.78 is 0. The molecule has 0 amide bonds. The molecule has 154 valence electrons. The van der Waals surface area contributed by atoms with Gasteiger partial charge >= 0.3 is 0 Å². The van der Waals surface area contributed by atoms with Gasteiger partial charge < -0.3 is 5.32 Å². The summed E-state index contributed by atoms with van der Waals surface area (Å²) >= 11 is 0. The summed E-state index contributed by atoms with van der Waals surface area (Å²) in [6.07, 6.45) is 8.07. The second kappa shape index (κ2) is 7.56. The summed E-state index contributed by atoms with van der Waals surface area (Å²) in [5.41, 5.74) is 6.18. The molecule has 2 aromatic rings. The summed E-state index contributed by atoms with van der Waals surface area (Å²) in [6, 6.07) is 19.0. The molecule has 2 bridgehead atoms. The monoisotopic (exact) mass is 388 g/mol. The van der Waals surface area contributed by atoms with Gasteiger partial charge in [-0.3, -0.25) is 4.90 Å². The Morgan fingerprint density at radius 1 is 0.828 bits per heavy atom. The highest BCUT2D eigenvalue weighted by Gasteiger charge is 2.55. The zero-order chi connectivity index (χ0) is 19.9. The standard InChI is InChI=1S/C27H36N2/c1-21-6-10-23(11-7-21)27(24-12-8-22(2)9-13-24)19-26(29-16-4-3-5-17-29)15-14-25(27)18-28-20-26/h6-13,25,28H,3-5,14-20H2,1-2H3. The molecule has 3 heterocycles. The number of nitrogens with one attached hydrogen (secondary N) is 1. The maximum Gasteiger partial charge on any atom is 0.0345 e. The zero-order valence-electron chi connectivity index (χ0n) is 18.2. The SMILES string of the molecule is Cc1ccc(C2(c3ccc(C)cc3)CC3(N4CCCCC4)CCC2CNC3)cc1. The molecule has 1 saturated carbocycles. The van der Waals surface area contributed by atoms with Crippen molar-refractivity contribution in [1.82, 2.24) is 10.2 Å². The summed E-state index contributed by atoms with van der Waals surface area (Å²) in [5.74, 6) is 0.660. The number of likely N-dealkylation sites (tertiary alicyclic amines) is 1. The van der Waals surface area contributed by atoms with E-state index < -0.39 is 0 Å². The summed E-state index contributed by atoms with van der Waals surface area (Å²) in [5, 5.41) is 3.92. The average Bonchev–Trinajstić information content (AvgIpc) is 3.08. The third kappa shape index (κ3) is 3.25. The van der Waals surface area contributed by atoms with Crippen molar-refractivity contribution in [2.24, 2.45) is 5.92 Å². The quantitative estimate of drug-likeness (QED) is 0.776. The van der Waals surface area contributed by atoms with E-state index in [1.165, 1.54) is 73.9 Å². The second-order valence-electron chi connectivity index (χ2n) is 10.0. The number of rotatable bonds is 3. The summed E-state index contributed by atoms with van der Waals surface area (Å²) in [4.78, 5) is 2.88. The highest BCUT2D eigenvalue weighted by molar-refractivity contribution is 5.44. The number of hydrogen-bond donors (Lipinski definition) is 1. The van der Waals surface area contributed by atoms with Gasteiger partial charge in [-0.1, -0.05) is 66.1 Å². The van der Waals surface area contributed by atoms with E-state index in [0.717, 1.165) is 13.1 Å². The number of fused-ring (bicyclic) bond motifs is 4. The molecule has 0 radical (unpaired) electrons. The fraction of sp³-hybridized carbons (Fsp3) is 0.556. The zero-order valence-corrected chi connectivity index (χ0v) is 18.2. The Bertz CT molecular complexity index is 782. The van der Waals surface area contributed by atoms with Gasteiger partial charge in [0.2, 0.25) is 0 Å². The van der Waals surface area contributed by atoms with Crippen molar-refractivity contribution in [2.75, 3.05) is 26.2 Å². The van der Waals surface area contributed by atoms with E-state index in [4.69, 9.17) is 0 Å². The van der Waals surface area contributed by atoms with Gasteiger partial charge in [-0.25, -0.2) is 0 Å². The third-order valence-corrected chi connectivity index (χ3v) is 8.27. The minimum atomic E-state index is 0.112. The van der Waals surface area contributed by atoms with Gasteiger partial charge in [0.15, 0.2) is 0 Å². The average molecular weight is 389 g/mol. The van der Waals surface area contributed by atoms with Crippen LogP contribution in [0.15, 0.2) is 48.5 Å². The number of nitrogens with zero attached hydrogens (tertiary/aromatic N) is 1. The van der Waals surface area contributed by atoms with E-state index >= 15 is 0 Å². The van der Waals surface area contributed by atoms with Crippen molar-refractivity contribution in [2.45, 2.75) is 63.3 Å². The molecular formula is C27H36N2. The molecule has 4 fully saturated rings. The molecule has 1 aliphatic carbocycles. The van der Waals surface area contributed by atoms with Crippen LogP contribution in [0.25, 0.3) is 0 Å². The van der Waals surface area contributed by atoms with E-state index in [1.54, 1.807) is 0 Å². The van der Waals surface area contributed by atoms with E-state index in [0.29, 0.717) is 11.5 Å². The van der Waals surface area contributed by atoms with Crippen LogP contribution >= 0.6 is 0 Å². The van der Waals surface area contributed by atoms with Gasteiger partial charge in [0, 0.05) is 17.5 Å². The van der Waals surface area contributed by atoms with Crippen LogP contribution in [0, 0.1) is 19.8 Å². The Morgan fingerprint density at radius 3 is 2.00 bits per heavy atom. The maximum atomic E-state index is 3.92. The lowest BCUT2D eigenvalue weighted by molar-refractivity contribution is 0.0128. The topological polar surface area (TPSA) is 15.3 Å². The van der Waals surface area contributed by atoms with Gasteiger partial charge in [0.1, 0.15) is 0 Å². The molecule has 3 aliphatic heterocycles. The van der Waals surface area contributed by atoms with Crippen molar-refractivity contribution in [3.63, 3.8) is 0 Å². The molecule has 2 nitrogen and oxygen atoms in total. The van der Waals surface area contributed by atoms with Crippen LogP contribution in [0.5, 0.6) is 0 Å². The van der Waals surface area contributed by atoms with Crippen LogP contribution in [0.2, 0.25) is 0 Å². The predicted molar refractivity (Wildman–Crippen MR) is 122 cm³/mol. The number of benzene rings is 2. The maximum absolute atomic E-state index is 3.92. The molecule has 0 spiro atoms. The third-order valence-electron chi connectivity index (χ3n) is 8.27. The predicted octanol–water partition coefficient (Wildman–Crippen LogP) is 5.22. The number of hydrogen-bond acceptors (Lipinski definition) is 2. The summed E-state index contributed by atoms with van der Waals surface area (Å²) in [7, 11) is 0. The van der Waals surface area contributed by atoms with Crippen LogP contribution in [-0.4, -0.2) is 36.6 Å². The number of piperidine rings is 1. The fourth-order valence-electron chi connectivity index (χ4n) is 6.64. The minimum absolute atomic E-state index is 0.112. The van der Waals surface area contributed by atoms with Crippen molar-refractivity contribution in [3.8, 4) is 0 Å². The van der Waals surface area contributed by atoms with E-state index in [-0.39, 0.29) is 5.41 Å². The van der Waals surface area contributed by atoms with Crippen molar-refractivity contribution in [1.29, 1.82) is 0 Å². The molecule has 2 unspecified atom stereocenters. The summed E-state index contributed by atoms with van der Waals surface area (Å²) in [6.45, 7) is 9.27. The first-order valence-electron chi connectivity index (χ1n) is 11.7. The van der Waals surface area contributed by atoms with Crippen LogP contribution in [0.3, 0.4) is 0 Å². The van der Waals surface area contributed by atoms with Gasteiger partial charge in [-0.2, -0.15) is 0 Å². The Labute approximate surface area is 176 Å². The molecular weight excluding hydrogens is 352 g/mol. The van der Waals surface area contributed by atoms with Crippen LogP contribution < -0.4 is 5.32 Å². The Balaban J connectivity index is 1.66. The molecule has 3 saturated heterocycles. The molecule has 0 aromatic heterocycles. The van der Waals surface area contributed by atoms with Crippen molar-refractivity contribution >= 4 is 0 Å².